The van der Waals surface area contributed by atoms with Crippen molar-refractivity contribution in [2.75, 3.05) is 13.2 Å². The molecular weight excluding hydrogens is 404 g/mol. The molecule has 31 heavy (non-hydrogen) atoms. The van der Waals surface area contributed by atoms with Crippen LogP contribution in [0.2, 0.25) is 18.1 Å². The van der Waals surface area contributed by atoms with Gasteiger partial charge in [0.1, 0.15) is 6.10 Å². The Labute approximate surface area is 191 Å². The van der Waals surface area contributed by atoms with Gasteiger partial charge in [0.2, 0.25) is 0 Å². The Bertz CT molecular complexity index is 653. The number of hydrogen-bond donors (Lipinski definition) is 1. The quantitative estimate of drug-likeness (QED) is 0.396. The Balaban J connectivity index is 1.73. The predicted octanol–water partition coefficient (Wildman–Crippen LogP) is 5.75. The molecule has 6 atom stereocenters. The van der Waals surface area contributed by atoms with Crippen molar-refractivity contribution in [1.29, 1.82) is 0 Å². The lowest BCUT2D eigenvalue weighted by Gasteiger charge is -2.56. The summed E-state index contributed by atoms with van der Waals surface area (Å²) in [5, 5.41) is 10.9. The Morgan fingerprint density at radius 2 is 1.87 bits per heavy atom. The van der Waals surface area contributed by atoms with Gasteiger partial charge in [0.15, 0.2) is 14.1 Å². The average Bonchev–Trinajstić information content (AvgIpc) is 3.15. The van der Waals surface area contributed by atoms with Crippen LogP contribution in [0.25, 0.3) is 0 Å². The molecule has 4 nitrogen and oxygen atoms in total. The van der Waals surface area contributed by atoms with E-state index >= 15 is 0 Å². The normalized spacial score (nSPS) is 32.0. The van der Waals surface area contributed by atoms with Gasteiger partial charge in [-0.15, -0.1) is 0 Å². The van der Waals surface area contributed by atoms with Crippen LogP contribution in [0.3, 0.4) is 0 Å². The maximum atomic E-state index is 10.8. The highest BCUT2D eigenvalue weighted by Crippen LogP contribution is 2.57. The summed E-state index contributed by atoms with van der Waals surface area (Å²) in [5.74, 6) is 8.05. The predicted molar refractivity (Wildman–Crippen MR) is 128 cm³/mol. The second kappa shape index (κ2) is 9.85. The standard InChI is InChI=1S/C26H46O4Si/c1-8-9-10-19(2)17-20(30-31(6,7)25(3,4)5)11-12-21-22-18-26(28-15-16-29-26)23(22)13-14-24(21)27/h19-24,27H,8-10,13-18H2,1-7H3/t19?,20-,21-,22-,23+,24-/m0/s1. The fraction of sp³-hybridized carbons (Fsp3) is 0.923. The zero-order valence-corrected chi connectivity index (χ0v) is 22.0. The maximum absolute atomic E-state index is 10.8. The van der Waals surface area contributed by atoms with Gasteiger partial charge in [-0.1, -0.05) is 65.7 Å². The van der Waals surface area contributed by atoms with Crippen LogP contribution in [-0.4, -0.2) is 44.6 Å². The highest BCUT2D eigenvalue weighted by Gasteiger charge is 2.62. The van der Waals surface area contributed by atoms with Crippen LogP contribution in [0, 0.1) is 35.5 Å². The summed E-state index contributed by atoms with van der Waals surface area (Å²) in [5.41, 5.74) is 0. The van der Waals surface area contributed by atoms with Crippen LogP contribution >= 0.6 is 0 Å². The number of fused-ring (bicyclic) bond motifs is 2. The number of aliphatic hydroxyl groups is 1. The molecule has 5 heteroatoms. The van der Waals surface area contributed by atoms with Crippen molar-refractivity contribution in [3.05, 3.63) is 0 Å². The molecule has 1 unspecified atom stereocenters. The minimum absolute atomic E-state index is 0.00800. The maximum Gasteiger partial charge on any atom is 0.193 e. The van der Waals surface area contributed by atoms with Gasteiger partial charge in [-0.2, -0.15) is 0 Å². The van der Waals surface area contributed by atoms with Crippen molar-refractivity contribution in [3.63, 3.8) is 0 Å². The molecule has 1 spiro atoms. The first-order valence-electron chi connectivity index (χ1n) is 12.6. The molecular formula is C26H46O4Si. The minimum atomic E-state index is -1.92. The van der Waals surface area contributed by atoms with Gasteiger partial charge in [-0.05, 0) is 49.2 Å². The highest BCUT2D eigenvalue weighted by atomic mass is 28.4. The molecule has 0 aromatic heterocycles. The van der Waals surface area contributed by atoms with Crippen LogP contribution in [-0.2, 0) is 13.9 Å². The molecule has 3 aliphatic rings. The molecule has 1 N–H and O–H groups in total. The van der Waals surface area contributed by atoms with E-state index < -0.39 is 8.32 Å². The van der Waals surface area contributed by atoms with Crippen LogP contribution in [0.4, 0.5) is 0 Å². The second-order valence-electron chi connectivity index (χ2n) is 11.8. The topological polar surface area (TPSA) is 47.9 Å². The molecule has 2 saturated carbocycles. The second-order valence-corrected chi connectivity index (χ2v) is 16.5. The largest absolute Gasteiger partial charge is 0.403 e. The molecule has 0 bridgehead atoms. The van der Waals surface area contributed by atoms with E-state index in [9.17, 15) is 5.11 Å². The number of aliphatic hydroxyl groups excluding tert-OH is 1. The van der Waals surface area contributed by atoms with E-state index in [1.54, 1.807) is 0 Å². The van der Waals surface area contributed by atoms with Gasteiger partial charge in [-0.3, -0.25) is 0 Å². The number of rotatable bonds is 7. The Kier molecular flexibility index (Phi) is 8.02. The van der Waals surface area contributed by atoms with Crippen molar-refractivity contribution >= 4 is 8.32 Å². The molecule has 2 aliphatic carbocycles. The summed E-state index contributed by atoms with van der Waals surface area (Å²) in [7, 11) is -1.92. The van der Waals surface area contributed by atoms with Gasteiger partial charge >= 0.3 is 0 Å². The monoisotopic (exact) mass is 450 g/mol. The van der Waals surface area contributed by atoms with Gasteiger partial charge in [-0.25, -0.2) is 0 Å². The zero-order chi connectivity index (χ0) is 22.9. The minimum Gasteiger partial charge on any atom is -0.403 e. The third-order valence-electron chi connectivity index (χ3n) is 8.35. The third-order valence-corrected chi connectivity index (χ3v) is 12.8. The van der Waals surface area contributed by atoms with E-state index in [0.29, 0.717) is 31.0 Å². The van der Waals surface area contributed by atoms with E-state index in [4.69, 9.17) is 13.9 Å². The number of unbranched alkanes of at least 4 members (excludes halogenated alkanes) is 1. The molecule has 3 rings (SSSR count). The highest BCUT2D eigenvalue weighted by molar-refractivity contribution is 6.74. The number of ether oxygens (including phenoxy) is 2. The molecule has 3 fully saturated rings. The Hall–Kier alpha value is -0.383. The van der Waals surface area contributed by atoms with Crippen LogP contribution < -0.4 is 0 Å². The van der Waals surface area contributed by atoms with Gasteiger partial charge in [0.25, 0.3) is 0 Å². The summed E-state index contributed by atoms with van der Waals surface area (Å²) in [6, 6.07) is 0. The van der Waals surface area contributed by atoms with E-state index in [0.717, 1.165) is 25.7 Å². The lowest BCUT2D eigenvalue weighted by Crippen LogP contribution is -2.60. The van der Waals surface area contributed by atoms with E-state index in [1.165, 1.54) is 19.3 Å². The van der Waals surface area contributed by atoms with Gasteiger partial charge in [0.05, 0.1) is 19.3 Å². The van der Waals surface area contributed by atoms with Gasteiger partial charge in [0, 0.05) is 18.3 Å². The Morgan fingerprint density at radius 1 is 1.19 bits per heavy atom. The number of hydrogen-bond acceptors (Lipinski definition) is 4. The van der Waals surface area contributed by atoms with Crippen molar-refractivity contribution in [1.82, 2.24) is 0 Å². The summed E-state index contributed by atoms with van der Waals surface area (Å²) < 4.78 is 18.7. The Morgan fingerprint density at radius 3 is 2.48 bits per heavy atom. The fourth-order valence-electron chi connectivity index (χ4n) is 5.31. The first-order chi connectivity index (χ1) is 14.5. The first kappa shape index (κ1) is 25.2. The smallest absolute Gasteiger partial charge is 0.193 e. The molecule has 0 radical (unpaired) electrons. The van der Waals surface area contributed by atoms with E-state index in [1.807, 2.05) is 0 Å². The van der Waals surface area contributed by atoms with E-state index in [2.05, 4.69) is 59.6 Å². The van der Waals surface area contributed by atoms with Gasteiger partial charge < -0.3 is 19.0 Å². The summed E-state index contributed by atoms with van der Waals surface area (Å²) in [6.45, 7) is 17.5. The molecule has 0 aromatic carbocycles. The SMILES string of the molecule is CCCCC(C)C[C@H](C#C[C@H]1[C@@H]2CC3(OCCO3)[C@@H]2CC[C@@H]1O)O[Si](C)(C)C(C)(C)C. The van der Waals surface area contributed by atoms with Crippen molar-refractivity contribution in [2.45, 2.75) is 116 Å². The summed E-state index contributed by atoms with van der Waals surface area (Å²) in [6.07, 6.45) is 6.93. The lowest BCUT2D eigenvalue weighted by atomic mass is 9.56. The van der Waals surface area contributed by atoms with Crippen LogP contribution in [0.5, 0.6) is 0 Å². The molecule has 1 heterocycles. The van der Waals surface area contributed by atoms with Crippen molar-refractivity contribution in [3.8, 4) is 11.8 Å². The third kappa shape index (κ3) is 5.58. The molecule has 178 valence electrons. The van der Waals surface area contributed by atoms with E-state index in [-0.39, 0.29) is 29.0 Å². The van der Waals surface area contributed by atoms with Crippen LogP contribution in [0.15, 0.2) is 0 Å². The van der Waals surface area contributed by atoms with Crippen molar-refractivity contribution in [2.24, 2.45) is 23.7 Å². The molecule has 1 saturated heterocycles. The molecule has 0 amide bonds. The summed E-state index contributed by atoms with van der Waals surface area (Å²) >= 11 is 0. The molecule has 1 aliphatic heterocycles. The van der Waals surface area contributed by atoms with Crippen molar-refractivity contribution < 1.29 is 19.0 Å². The molecule has 0 aromatic rings. The van der Waals surface area contributed by atoms with Crippen LogP contribution in [0.1, 0.15) is 79.6 Å². The fourth-order valence-corrected chi connectivity index (χ4v) is 6.53. The average molecular weight is 451 g/mol. The summed E-state index contributed by atoms with van der Waals surface area (Å²) in [4.78, 5) is 0. The lowest BCUT2D eigenvalue weighted by molar-refractivity contribution is -0.296. The zero-order valence-electron chi connectivity index (χ0n) is 21.0. The first-order valence-corrected chi connectivity index (χ1v) is 15.5.